The maximum absolute atomic E-state index is 10.2. The first-order valence-corrected chi connectivity index (χ1v) is 9.07. The van der Waals surface area contributed by atoms with E-state index in [1.165, 1.54) is 18.4 Å². The quantitative estimate of drug-likeness (QED) is 0.907. The van der Waals surface area contributed by atoms with Crippen LogP contribution in [0.4, 0.5) is 5.82 Å². The van der Waals surface area contributed by atoms with Crippen molar-refractivity contribution in [3.05, 3.63) is 53.2 Å². The number of para-hydroxylation sites is 1. The number of aromatic nitrogens is 2. The fraction of sp³-hybridized carbons (Fsp3) is 0.333. The summed E-state index contributed by atoms with van der Waals surface area (Å²) in [4.78, 5) is 12.0. The van der Waals surface area contributed by atoms with Crippen molar-refractivity contribution in [2.24, 2.45) is 0 Å². The van der Waals surface area contributed by atoms with Crippen molar-refractivity contribution in [1.82, 2.24) is 9.97 Å². The minimum atomic E-state index is 0.226. The smallest absolute Gasteiger partial charge is 0.165 e. The van der Waals surface area contributed by atoms with Crippen molar-refractivity contribution >= 4 is 11.9 Å². The Bertz CT molecular complexity index is 848. The summed E-state index contributed by atoms with van der Waals surface area (Å²) < 4.78 is 0. The number of anilines is 1. The number of nitrogens with zero attached hydrogens (tertiary/aromatic N) is 3. The van der Waals surface area contributed by atoms with Gasteiger partial charge in [-0.2, -0.15) is 0 Å². The van der Waals surface area contributed by atoms with E-state index in [1.54, 1.807) is 6.07 Å². The molecule has 1 N–H and O–H groups in total. The van der Waals surface area contributed by atoms with Crippen molar-refractivity contribution in [3.63, 3.8) is 0 Å². The van der Waals surface area contributed by atoms with Crippen LogP contribution in [0.5, 0.6) is 5.75 Å². The van der Waals surface area contributed by atoms with Crippen molar-refractivity contribution < 1.29 is 5.11 Å². The number of fused-ring (bicyclic) bond motifs is 1. The minimum Gasteiger partial charge on any atom is -0.507 e. The molecule has 1 aromatic carbocycles. The average molecular weight is 333 g/mol. The van der Waals surface area contributed by atoms with Crippen LogP contribution in [0.25, 0.3) is 17.5 Å². The third-order valence-corrected chi connectivity index (χ3v) is 4.98. The Morgan fingerprint density at radius 1 is 1.08 bits per heavy atom. The molecule has 1 aliphatic carbocycles. The summed E-state index contributed by atoms with van der Waals surface area (Å²) in [6.45, 7) is 4.24. The second-order valence-electron chi connectivity index (χ2n) is 6.61. The van der Waals surface area contributed by atoms with E-state index in [1.807, 2.05) is 18.2 Å². The molecule has 2 aliphatic rings. The molecule has 1 fully saturated rings. The highest BCUT2D eigenvalue weighted by Crippen LogP contribution is 2.33. The molecule has 4 heteroatoms. The highest BCUT2D eigenvalue weighted by Gasteiger charge is 2.22. The van der Waals surface area contributed by atoms with Crippen molar-refractivity contribution in [2.75, 3.05) is 18.0 Å². The second-order valence-corrected chi connectivity index (χ2v) is 6.61. The summed E-state index contributed by atoms with van der Waals surface area (Å²) in [5.41, 5.74) is 4.18. The van der Waals surface area contributed by atoms with E-state index in [0.717, 1.165) is 43.0 Å². The Labute approximate surface area is 148 Å². The number of benzene rings is 1. The van der Waals surface area contributed by atoms with Gasteiger partial charge in [-0.3, -0.25) is 0 Å². The van der Waals surface area contributed by atoms with Gasteiger partial charge in [-0.1, -0.05) is 36.8 Å². The Kier molecular flexibility index (Phi) is 4.26. The first-order chi connectivity index (χ1) is 12.3. The molecule has 0 atom stereocenters. The number of hydrogen-bond acceptors (Lipinski definition) is 4. The number of phenols is 1. The minimum absolute atomic E-state index is 0.226. The van der Waals surface area contributed by atoms with Gasteiger partial charge < -0.3 is 10.0 Å². The monoisotopic (exact) mass is 333 g/mol. The third kappa shape index (κ3) is 3.04. The first kappa shape index (κ1) is 15.9. The molecule has 1 aromatic heterocycles. The first-order valence-electron chi connectivity index (χ1n) is 9.07. The van der Waals surface area contributed by atoms with E-state index in [2.05, 4.69) is 30.1 Å². The average Bonchev–Trinajstić information content (AvgIpc) is 3.08. The summed E-state index contributed by atoms with van der Waals surface area (Å²) in [6.07, 6.45) is 10.8. The fourth-order valence-corrected chi connectivity index (χ4v) is 3.53. The lowest BCUT2D eigenvalue weighted by Gasteiger charge is -2.21. The van der Waals surface area contributed by atoms with Gasteiger partial charge in [0.25, 0.3) is 0 Å². The van der Waals surface area contributed by atoms with E-state index >= 15 is 0 Å². The van der Waals surface area contributed by atoms with E-state index in [-0.39, 0.29) is 5.75 Å². The van der Waals surface area contributed by atoms with Crippen LogP contribution in [0.3, 0.4) is 0 Å². The van der Waals surface area contributed by atoms with Gasteiger partial charge in [-0.05, 0) is 37.5 Å². The van der Waals surface area contributed by atoms with Gasteiger partial charge in [0.1, 0.15) is 11.6 Å². The van der Waals surface area contributed by atoms with Crippen molar-refractivity contribution in [2.45, 2.75) is 32.6 Å². The Balaban J connectivity index is 1.88. The van der Waals surface area contributed by atoms with Gasteiger partial charge in [0.2, 0.25) is 0 Å². The summed E-state index contributed by atoms with van der Waals surface area (Å²) in [5, 5.41) is 10.2. The van der Waals surface area contributed by atoms with Gasteiger partial charge in [-0.25, -0.2) is 9.97 Å². The predicted octanol–water partition coefficient (Wildman–Crippen LogP) is 4.36. The molecule has 0 amide bonds. The number of aromatic hydroxyl groups is 1. The summed E-state index contributed by atoms with van der Waals surface area (Å²) >= 11 is 0. The molecule has 0 radical (unpaired) electrons. The topological polar surface area (TPSA) is 49.3 Å². The standard InChI is InChI=1S/C21H23N3O/c1-2-15-9-11-16-18(12-10-15)22-20(17-7-3-4-8-19(17)25)23-21(16)24-13-5-6-14-24/h3-4,7-11,25H,2,5-6,12-14H2,1H3. The molecule has 25 heavy (non-hydrogen) atoms. The summed E-state index contributed by atoms with van der Waals surface area (Å²) in [5.74, 6) is 1.84. The lowest BCUT2D eigenvalue weighted by atomic mass is 10.1. The molecular formula is C21H23N3O. The molecule has 4 rings (SSSR count). The molecule has 1 aliphatic heterocycles. The molecular weight excluding hydrogens is 310 g/mol. The summed E-state index contributed by atoms with van der Waals surface area (Å²) in [7, 11) is 0. The van der Waals surface area contributed by atoms with E-state index in [9.17, 15) is 5.11 Å². The predicted molar refractivity (Wildman–Crippen MR) is 102 cm³/mol. The third-order valence-electron chi connectivity index (χ3n) is 4.98. The van der Waals surface area contributed by atoms with Crippen LogP contribution >= 0.6 is 0 Å². The van der Waals surface area contributed by atoms with Crippen LogP contribution in [-0.4, -0.2) is 28.2 Å². The molecule has 0 spiro atoms. The van der Waals surface area contributed by atoms with Crippen LogP contribution in [0, 0.1) is 0 Å². The molecule has 0 saturated carbocycles. The van der Waals surface area contributed by atoms with Gasteiger partial charge in [0.05, 0.1) is 11.3 Å². The van der Waals surface area contributed by atoms with Crippen molar-refractivity contribution in [3.8, 4) is 17.1 Å². The van der Waals surface area contributed by atoms with Gasteiger partial charge >= 0.3 is 0 Å². The largest absolute Gasteiger partial charge is 0.507 e. The highest BCUT2D eigenvalue weighted by molar-refractivity contribution is 5.73. The Morgan fingerprint density at radius 2 is 1.88 bits per heavy atom. The zero-order valence-corrected chi connectivity index (χ0v) is 14.6. The Hall–Kier alpha value is -2.62. The fourth-order valence-electron chi connectivity index (χ4n) is 3.53. The lowest BCUT2D eigenvalue weighted by Crippen LogP contribution is -2.21. The van der Waals surface area contributed by atoms with Crippen LogP contribution in [0.15, 0.2) is 42.0 Å². The lowest BCUT2D eigenvalue weighted by molar-refractivity contribution is 0.477. The van der Waals surface area contributed by atoms with Gasteiger partial charge in [-0.15, -0.1) is 0 Å². The van der Waals surface area contributed by atoms with E-state index < -0.39 is 0 Å². The van der Waals surface area contributed by atoms with Gasteiger partial charge in [0, 0.05) is 25.1 Å². The maximum atomic E-state index is 10.2. The number of allylic oxidation sites excluding steroid dienone is 3. The molecule has 0 bridgehead atoms. The molecule has 0 unspecified atom stereocenters. The van der Waals surface area contributed by atoms with Crippen LogP contribution in [0.1, 0.15) is 37.4 Å². The van der Waals surface area contributed by atoms with Crippen LogP contribution < -0.4 is 4.90 Å². The van der Waals surface area contributed by atoms with Crippen LogP contribution in [-0.2, 0) is 6.42 Å². The zero-order valence-electron chi connectivity index (χ0n) is 14.6. The zero-order chi connectivity index (χ0) is 17.2. The van der Waals surface area contributed by atoms with Gasteiger partial charge in [0.15, 0.2) is 5.82 Å². The molecule has 2 heterocycles. The molecule has 1 saturated heterocycles. The maximum Gasteiger partial charge on any atom is 0.165 e. The summed E-state index contributed by atoms with van der Waals surface area (Å²) in [6, 6.07) is 7.30. The molecule has 2 aromatic rings. The SMILES string of the molecule is CCC1=CCc2nc(-c3ccccc3O)nc(N3CCCC3)c2C=C1. The number of rotatable bonds is 3. The Morgan fingerprint density at radius 3 is 2.64 bits per heavy atom. The van der Waals surface area contributed by atoms with Crippen LogP contribution in [0.2, 0.25) is 0 Å². The molecule has 128 valence electrons. The van der Waals surface area contributed by atoms with Crippen molar-refractivity contribution in [1.29, 1.82) is 0 Å². The van der Waals surface area contributed by atoms with E-state index in [4.69, 9.17) is 9.97 Å². The number of phenolic OH excluding ortho intramolecular Hbond substituents is 1. The second kappa shape index (κ2) is 6.71. The number of hydrogen-bond donors (Lipinski definition) is 1. The normalized spacial score (nSPS) is 16.5. The molecule has 4 nitrogen and oxygen atoms in total. The van der Waals surface area contributed by atoms with E-state index in [0.29, 0.717) is 11.4 Å². The highest BCUT2D eigenvalue weighted by atomic mass is 16.3.